The van der Waals surface area contributed by atoms with Crippen molar-refractivity contribution in [2.45, 2.75) is 84.0 Å². The lowest BCUT2D eigenvalue weighted by molar-refractivity contribution is -0.123. The van der Waals surface area contributed by atoms with Gasteiger partial charge in [-0.2, -0.15) is 0 Å². The van der Waals surface area contributed by atoms with Gasteiger partial charge < -0.3 is 4.74 Å². The number of hydrogen-bond donors (Lipinski definition) is 0. The van der Waals surface area contributed by atoms with E-state index >= 15 is 0 Å². The summed E-state index contributed by atoms with van der Waals surface area (Å²) in [5, 5.41) is 0. The third-order valence-electron chi connectivity index (χ3n) is 6.48. The molecule has 0 N–H and O–H groups in total. The molecule has 1 aliphatic carbocycles. The Hall–Kier alpha value is -2.09. The molecule has 0 radical (unpaired) electrons. The van der Waals surface area contributed by atoms with Gasteiger partial charge in [0.15, 0.2) is 0 Å². The van der Waals surface area contributed by atoms with Gasteiger partial charge in [-0.25, -0.2) is 0 Å². The van der Waals surface area contributed by atoms with Gasteiger partial charge in [0.05, 0.1) is 6.61 Å². The zero-order valence-corrected chi connectivity index (χ0v) is 18.9. The van der Waals surface area contributed by atoms with Crippen LogP contribution in [0.25, 0.3) is 11.1 Å². The van der Waals surface area contributed by atoms with Crippen LogP contribution in [0.15, 0.2) is 48.5 Å². The molecule has 0 bridgehead atoms. The molecule has 0 amide bonds. The zero-order chi connectivity index (χ0) is 21.2. The number of Topliss-reactive ketones (excluding diaryl/α,β-unsaturated/α-hetero) is 1. The Morgan fingerprint density at radius 1 is 0.800 bits per heavy atom. The molecular weight excluding hydrogens is 368 g/mol. The van der Waals surface area contributed by atoms with Crippen LogP contribution in [0.2, 0.25) is 0 Å². The van der Waals surface area contributed by atoms with Crippen LogP contribution < -0.4 is 4.74 Å². The maximum atomic E-state index is 12.7. The number of rotatable bonds is 11. The Morgan fingerprint density at radius 3 is 2.07 bits per heavy atom. The van der Waals surface area contributed by atoms with Crippen LogP contribution in [0.5, 0.6) is 5.75 Å². The molecule has 2 nitrogen and oxygen atoms in total. The van der Waals surface area contributed by atoms with E-state index in [2.05, 4.69) is 62.4 Å². The third-order valence-corrected chi connectivity index (χ3v) is 6.48. The van der Waals surface area contributed by atoms with Crippen LogP contribution in [0.3, 0.4) is 0 Å². The summed E-state index contributed by atoms with van der Waals surface area (Å²) in [6.45, 7) is 5.23. The molecule has 1 saturated carbocycles. The summed E-state index contributed by atoms with van der Waals surface area (Å²) in [6.07, 6.45) is 11.6. The van der Waals surface area contributed by atoms with Crippen LogP contribution in [-0.2, 0) is 4.79 Å². The number of ketones is 1. The lowest BCUT2D eigenvalue weighted by Gasteiger charge is -2.27. The van der Waals surface area contributed by atoms with E-state index in [9.17, 15) is 4.79 Å². The van der Waals surface area contributed by atoms with Crippen molar-refractivity contribution in [2.75, 3.05) is 6.61 Å². The van der Waals surface area contributed by atoms with Crippen molar-refractivity contribution < 1.29 is 9.53 Å². The van der Waals surface area contributed by atoms with Gasteiger partial charge >= 0.3 is 0 Å². The normalized spacial score (nSPS) is 19.1. The van der Waals surface area contributed by atoms with Gasteiger partial charge in [-0.15, -0.1) is 0 Å². The van der Waals surface area contributed by atoms with Gasteiger partial charge in [-0.3, -0.25) is 4.79 Å². The fourth-order valence-corrected chi connectivity index (χ4v) is 4.57. The van der Waals surface area contributed by atoms with Gasteiger partial charge in [0.25, 0.3) is 0 Å². The number of unbranched alkanes of at least 4 members (excludes halogenated alkanes) is 4. The van der Waals surface area contributed by atoms with Crippen LogP contribution in [-0.4, -0.2) is 12.4 Å². The van der Waals surface area contributed by atoms with Gasteiger partial charge in [0.2, 0.25) is 0 Å². The highest BCUT2D eigenvalue weighted by Crippen LogP contribution is 2.36. The quantitative estimate of drug-likeness (QED) is 0.354. The molecular formula is C28H38O2. The number of hydrogen-bond acceptors (Lipinski definition) is 2. The maximum Gasteiger partial charge on any atom is 0.140 e. The second-order valence-electron chi connectivity index (χ2n) is 8.86. The summed E-state index contributed by atoms with van der Waals surface area (Å²) in [4.78, 5) is 12.7. The molecule has 0 aliphatic heterocycles. The minimum atomic E-state index is 0.0976. The van der Waals surface area contributed by atoms with E-state index in [-0.39, 0.29) is 5.92 Å². The Labute approximate surface area is 183 Å². The van der Waals surface area contributed by atoms with Crippen molar-refractivity contribution >= 4 is 5.78 Å². The standard InChI is InChI=1S/C28H38O2/c1-3-5-7-9-22-10-19-27(28(29)21-22)25-13-11-23(12-14-25)24-15-17-26(18-16-24)30-20-8-6-4-2/h11-18,22,27H,3-10,19-21H2,1-2H3/t22-,27+/m1/s1. The van der Waals surface area contributed by atoms with Crippen molar-refractivity contribution in [3.63, 3.8) is 0 Å². The summed E-state index contributed by atoms with van der Waals surface area (Å²) >= 11 is 0. The first-order chi connectivity index (χ1) is 14.7. The second kappa shape index (κ2) is 11.9. The Morgan fingerprint density at radius 2 is 1.43 bits per heavy atom. The number of ether oxygens (including phenoxy) is 1. The summed E-state index contributed by atoms with van der Waals surface area (Å²) in [6, 6.07) is 17.0. The summed E-state index contributed by atoms with van der Waals surface area (Å²) < 4.78 is 5.81. The van der Waals surface area contributed by atoms with Crippen molar-refractivity contribution in [3.8, 4) is 16.9 Å². The molecule has 2 aromatic rings. The Kier molecular flexibility index (Phi) is 8.99. The van der Waals surface area contributed by atoms with Gasteiger partial charge in [-0.1, -0.05) is 88.8 Å². The van der Waals surface area contributed by atoms with E-state index in [1.54, 1.807) is 0 Å². The molecule has 162 valence electrons. The van der Waals surface area contributed by atoms with Gasteiger partial charge in [-0.05, 0) is 54.0 Å². The lowest BCUT2D eigenvalue weighted by atomic mass is 9.76. The van der Waals surface area contributed by atoms with Crippen LogP contribution in [0.4, 0.5) is 0 Å². The molecule has 0 unspecified atom stereocenters. The SMILES string of the molecule is CCCCCOc1ccc(-c2ccc([C@@H]3CC[C@@H](CCCCC)CC3=O)cc2)cc1. The van der Waals surface area contributed by atoms with Crippen molar-refractivity contribution in [3.05, 3.63) is 54.1 Å². The minimum Gasteiger partial charge on any atom is -0.494 e. The van der Waals surface area contributed by atoms with Gasteiger partial charge in [0, 0.05) is 12.3 Å². The highest BCUT2D eigenvalue weighted by atomic mass is 16.5. The minimum absolute atomic E-state index is 0.0976. The molecule has 2 heteroatoms. The Bertz CT molecular complexity index is 760. The van der Waals surface area contributed by atoms with E-state index in [4.69, 9.17) is 4.74 Å². The molecule has 1 fully saturated rings. The Balaban J connectivity index is 1.54. The fraction of sp³-hybridized carbons (Fsp3) is 0.536. The molecule has 2 atom stereocenters. The van der Waals surface area contributed by atoms with E-state index in [1.807, 2.05) is 0 Å². The zero-order valence-electron chi connectivity index (χ0n) is 18.9. The summed E-state index contributed by atoms with van der Waals surface area (Å²) in [7, 11) is 0. The first-order valence-electron chi connectivity index (χ1n) is 12.1. The smallest absolute Gasteiger partial charge is 0.140 e. The summed E-state index contributed by atoms with van der Waals surface area (Å²) in [5.41, 5.74) is 3.57. The van der Waals surface area contributed by atoms with Crippen molar-refractivity contribution in [2.24, 2.45) is 5.92 Å². The first kappa shape index (κ1) is 22.6. The topological polar surface area (TPSA) is 26.3 Å². The predicted octanol–water partition coefficient (Wildman–Crippen LogP) is 7.96. The third kappa shape index (κ3) is 6.45. The monoisotopic (exact) mass is 406 g/mol. The predicted molar refractivity (Wildman–Crippen MR) is 126 cm³/mol. The van der Waals surface area contributed by atoms with Crippen molar-refractivity contribution in [1.82, 2.24) is 0 Å². The van der Waals surface area contributed by atoms with E-state index < -0.39 is 0 Å². The maximum absolute atomic E-state index is 12.7. The van der Waals surface area contributed by atoms with E-state index in [0.29, 0.717) is 11.7 Å². The van der Waals surface area contributed by atoms with Gasteiger partial charge in [0.1, 0.15) is 11.5 Å². The molecule has 2 aromatic carbocycles. The highest BCUT2D eigenvalue weighted by molar-refractivity contribution is 5.86. The molecule has 0 saturated heterocycles. The number of carbonyl (C=O) groups excluding carboxylic acids is 1. The molecule has 0 spiro atoms. The first-order valence-corrected chi connectivity index (χ1v) is 12.1. The molecule has 30 heavy (non-hydrogen) atoms. The molecule has 0 heterocycles. The molecule has 3 rings (SSSR count). The fourth-order valence-electron chi connectivity index (χ4n) is 4.57. The number of benzene rings is 2. The average Bonchev–Trinajstić information content (AvgIpc) is 2.78. The molecule has 1 aliphatic rings. The van der Waals surface area contributed by atoms with Crippen LogP contribution in [0.1, 0.15) is 89.5 Å². The largest absolute Gasteiger partial charge is 0.494 e. The summed E-state index contributed by atoms with van der Waals surface area (Å²) in [5.74, 6) is 2.09. The van der Waals surface area contributed by atoms with Crippen LogP contribution >= 0.6 is 0 Å². The van der Waals surface area contributed by atoms with Crippen molar-refractivity contribution in [1.29, 1.82) is 0 Å². The lowest BCUT2D eigenvalue weighted by Crippen LogP contribution is -2.23. The molecule has 0 aromatic heterocycles. The number of carbonyl (C=O) groups is 1. The van der Waals surface area contributed by atoms with E-state index in [1.165, 1.54) is 61.6 Å². The van der Waals surface area contributed by atoms with Crippen LogP contribution in [0, 0.1) is 5.92 Å². The average molecular weight is 407 g/mol. The highest BCUT2D eigenvalue weighted by Gasteiger charge is 2.29. The van der Waals surface area contributed by atoms with E-state index in [0.717, 1.165) is 31.6 Å². The second-order valence-corrected chi connectivity index (χ2v) is 8.86.